The van der Waals surface area contributed by atoms with E-state index in [4.69, 9.17) is 0 Å². The van der Waals surface area contributed by atoms with Crippen LogP contribution in [0.3, 0.4) is 0 Å². The molecule has 9 heteroatoms. The Morgan fingerprint density at radius 3 is 2.62 bits per heavy atom. The van der Waals surface area contributed by atoms with E-state index in [2.05, 4.69) is 25.6 Å². The van der Waals surface area contributed by atoms with Gasteiger partial charge in [-0.2, -0.15) is 0 Å². The van der Waals surface area contributed by atoms with Gasteiger partial charge in [0.25, 0.3) is 5.91 Å². The first-order chi connectivity index (χ1) is 14.1. The van der Waals surface area contributed by atoms with E-state index in [0.29, 0.717) is 18.5 Å². The molecule has 2 unspecified atom stereocenters. The van der Waals surface area contributed by atoms with E-state index in [0.717, 1.165) is 16.6 Å². The zero-order valence-corrected chi connectivity index (χ0v) is 15.7. The average Bonchev–Trinajstić information content (AvgIpc) is 3.29. The molecule has 2 aliphatic rings. The van der Waals surface area contributed by atoms with Crippen LogP contribution in [0, 0.1) is 0 Å². The van der Waals surface area contributed by atoms with E-state index in [1.165, 1.54) is 4.90 Å². The van der Waals surface area contributed by atoms with E-state index >= 15 is 0 Å². The lowest BCUT2D eigenvalue weighted by Gasteiger charge is -2.36. The first-order valence-electron chi connectivity index (χ1n) is 9.28. The molecule has 2 atom stereocenters. The Kier molecular flexibility index (Phi) is 3.94. The van der Waals surface area contributed by atoms with Crippen molar-refractivity contribution in [3.05, 3.63) is 60.2 Å². The van der Waals surface area contributed by atoms with Crippen molar-refractivity contribution < 1.29 is 9.59 Å². The number of hydrogen-bond acceptors (Lipinski definition) is 6. The molecule has 146 valence electrons. The summed E-state index contributed by atoms with van der Waals surface area (Å²) >= 11 is 0. The van der Waals surface area contributed by atoms with Crippen molar-refractivity contribution in [2.24, 2.45) is 4.99 Å². The molecule has 1 saturated heterocycles. The Bertz CT molecular complexity index is 1090. The molecule has 0 radical (unpaired) electrons. The van der Waals surface area contributed by atoms with Crippen molar-refractivity contribution in [2.75, 3.05) is 12.4 Å². The zero-order chi connectivity index (χ0) is 20.0. The van der Waals surface area contributed by atoms with Gasteiger partial charge in [0.15, 0.2) is 12.2 Å². The highest BCUT2D eigenvalue weighted by Crippen LogP contribution is 2.26. The number of nitrogens with zero attached hydrogens (tertiary/aromatic N) is 4. The summed E-state index contributed by atoms with van der Waals surface area (Å²) in [5.41, 5.74) is 2.75. The Morgan fingerprint density at radius 1 is 1.07 bits per heavy atom. The molecule has 3 aromatic rings. The number of carbonyl (C=O) groups is 2. The van der Waals surface area contributed by atoms with Gasteiger partial charge in [-0.1, -0.05) is 42.5 Å². The van der Waals surface area contributed by atoms with Crippen LogP contribution in [0.2, 0.25) is 0 Å². The van der Waals surface area contributed by atoms with Gasteiger partial charge in [-0.15, -0.1) is 0 Å². The molecule has 0 spiro atoms. The Morgan fingerprint density at radius 2 is 1.83 bits per heavy atom. The van der Waals surface area contributed by atoms with Crippen molar-refractivity contribution >= 4 is 34.9 Å². The van der Waals surface area contributed by atoms with Gasteiger partial charge >= 0.3 is 6.03 Å². The van der Waals surface area contributed by atoms with Crippen LogP contribution in [0.1, 0.15) is 5.56 Å². The summed E-state index contributed by atoms with van der Waals surface area (Å²) in [7, 11) is 1.63. The van der Waals surface area contributed by atoms with E-state index < -0.39 is 18.2 Å². The molecule has 9 nitrogen and oxygen atoms in total. The number of aromatic amines is 1. The highest BCUT2D eigenvalue weighted by Gasteiger charge is 2.48. The first kappa shape index (κ1) is 17.2. The van der Waals surface area contributed by atoms with Gasteiger partial charge in [0.05, 0.1) is 11.0 Å². The number of para-hydroxylation sites is 2. The van der Waals surface area contributed by atoms with Crippen LogP contribution in [0.25, 0.3) is 11.0 Å². The molecule has 0 aliphatic carbocycles. The highest BCUT2D eigenvalue weighted by molar-refractivity contribution is 6.06. The van der Waals surface area contributed by atoms with Crippen molar-refractivity contribution in [3.8, 4) is 0 Å². The molecule has 2 aromatic carbocycles. The van der Waals surface area contributed by atoms with Gasteiger partial charge in [0, 0.05) is 13.6 Å². The summed E-state index contributed by atoms with van der Waals surface area (Å²) in [5, 5.41) is 5.61. The molecule has 1 aromatic heterocycles. The van der Waals surface area contributed by atoms with E-state index in [1.54, 1.807) is 7.05 Å². The number of urea groups is 1. The second-order valence-electron chi connectivity index (χ2n) is 7.06. The quantitative estimate of drug-likeness (QED) is 0.633. The van der Waals surface area contributed by atoms with Crippen molar-refractivity contribution in [1.82, 2.24) is 25.1 Å². The van der Waals surface area contributed by atoms with E-state index in [1.807, 2.05) is 59.5 Å². The third-order valence-electron chi connectivity index (χ3n) is 5.18. The van der Waals surface area contributed by atoms with Crippen LogP contribution in [0.15, 0.2) is 59.6 Å². The second kappa shape index (κ2) is 6.62. The second-order valence-corrected chi connectivity index (χ2v) is 7.06. The summed E-state index contributed by atoms with van der Waals surface area (Å²) in [6, 6.07) is 16.4. The number of H-pyrrole nitrogens is 1. The maximum atomic E-state index is 12.6. The fraction of sp³-hybridized carbons (Fsp3) is 0.200. The molecule has 5 rings (SSSR count). The zero-order valence-electron chi connectivity index (χ0n) is 15.7. The fourth-order valence-electron chi connectivity index (χ4n) is 3.70. The molecule has 2 aliphatic heterocycles. The number of guanidine groups is 1. The van der Waals surface area contributed by atoms with E-state index in [9.17, 15) is 9.59 Å². The smallest absolute Gasteiger partial charge is 0.324 e. The van der Waals surface area contributed by atoms with E-state index in [-0.39, 0.29) is 5.91 Å². The third-order valence-corrected chi connectivity index (χ3v) is 5.18. The van der Waals surface area contributed by atoms with Gasteiger partial charge in [0.1, 0.15) is 0 Å². The molecule has 3 amide bonds. The Hall–Kier alpha value is -3.88. The molecular formula is C20H19N7O2. The minimum absolute atomic E-state index is 0.362. The normalized spacial score (nSPS) is 21.2. The predicted octanol–water partition coefficient (Wildman–Crippen LogP) is 1.72. The first-order valence-corrected chi connectivity index (χ1v) is 9.28. The topological polar surface area (TPSA) is 106 Å². The molecule has 29 heavy (non-hydrogen) atoms. The molecule has 3 heterocycles. The summed E-state index contributed by atoms with van der Waals surface area (Å²) < 4.78 is 0. The van der Waals surface area contributed by atoms with Crippen LogP contribution in [-0.4, -0.2) is 56.9 Å². The van der Waals surface area contributed by atoms with Gasteiger partial charge in [0.2, 0.25) is 11.9 Å². The van der Waals surface area contributed by atoms with Gasteiger partial charge in [-0.05, 0) is 17.7 Å². The number of anilines is 1. The number of hydrogen-bond donors (Lipinski definition) is 3. The summed E-state index contributed by atoms with van der Waals surface area (Å²) in [5.74, 6) is 0.648. The number of likely N-dealkylation sites (N-methyl/N-ethyl adjacent to an activating group) is 1. The molecular weight excluding hydrogens is 370 g/mol. The number of imidazole rings is 1. The number of rotatable bonds is 3. The fourth-order valence-corrected chi connectivity index (χ4v) is 3.70. The lowest BCUT2D eigenvalue weighted by molar-refractivity contribution is -0.127. The number of nitrogens with one attached hydrogen (secondary N) is 3. The molecule has 0 bridgehead atoms. The van der Waals surface area contributed by atoms with Crippen LogP contribution in [-0.2, 0) is 11.3 Å². The SMILES string of the molecule is CN1C(=O)NC(=O)C2C1N=C(Nc1nc3ccccc3[nH]1)N2Cc1ccccc1. The standard InChI is InChI=1S/C20H19N7O2/c1-26-16-15(17(28)24-20(26)29)27(11-12-7-3-2-4-8-12)19(23-16)25-18-21-13-9-5-6-10-14(13)22-18/h2-10,15-16H,11H2,1H3,(H,24,28,29)(H2,21,22,23,25). The van der Waals surface area contributed by atoms with Crippen molar-refractivity contribution in [1.29, 1.82) is 0 Å². The van der Waals surface area contributed by atoms with Gasteiger partial charge in [-0.25, -0.2) is 14.8 Å². The summed E-state index contributed by atoms with van der Waals surface area (Å²) in [4.78, 5) is 40.4. The van der Waals surface area contributed by atoms with Gasteiger partial charge < -0.3 is 14.8 Å². The minimum Gasteiger partial charge on any atom is -0.324 e. The Labute approximate surface area is 166 Å². The third kappa shape index (κ3) is 2.96. The maximum absolute atomic E-state index is 12.6. The van der Waals surface area contributed by atoms with Crippen LogP contribution < -0.4 is 10.6 Å². The predicted molar refractivity (Wildman–Crippen MR) is 108 cm³/mol. The van der Waals surface area contributed by atoms with Crippen molar-refractivity contribution in [2.45, 2.75) is 18.8 Å². The van der Waals surface area contributed by atoms with Crippen LogP contribution in [0.4, 0.5) is 10.7 Å². The average molecular weight is 389 g/mol. The number of aromatic nitrogens is 2. The van der Waals surface area contributed by atoms with Crippen LogP contribution in [0.5, 0.6) is 0 Å². The summed E-state index contributed by atoms with van der Waals surface area (Å²) in [6.45, 7) is 0.462. The number of fused-ring (bicyclic) bond motifs is 2. The minimum atomic E-state index is -0.621. The highest BCUT2D eigenvalue weighted by atomic mass is 16.2. The molecule has 3 N–H and O–H groups in total. The number of aliphatic imine (C=N–C) groups is 1. The molecule has 0 saturated carbocycles. The molecule has 1 fully saturated rings. The van der Waals surface area contributed by atoms with Gasteiger partial charge in [-0.3, -0.25) is 15.4 Å². The number of benzene rings is 2. The van der Waals surface area contributed by atoms with Crippen LogP contribution >= 0.6 is 0 Å². The number of carbonyl (C=O) groups excluding carboxylic acids is 2. The van der Waals surface area contributed by atoms with Crippen molar-refractivity contribution in [3.63, 3.8) is 0 Å². The monoisotopic (exact) mass is 389 g/mol. The lowest BCUT2D eigenvalue weighted by atomic mass is 10.1. The lowest BCUT2D eigenvalue weighted by Crippen LogP contribution is -2.63. The maximum Gasteiger partial charge on any atom is 0.325 e. The summed E-state index contributed by atoms with van der Waals surface area (Å²) in [6.07, 6.45) is -0.605. The largest absolute Gasteiger partial charge is 0.325 e. The Balaban J connectivity index is 1.50. The number of amides is 3. The number of imide groups is 1.